The van der Waals surface area contributed by atoms with Crippen LogP contribution in [0.5, 0.6) is 0 Å². The van der Waals surface area contributed by atoms with Gasteiger partial charge in [0.05, 0.1) is 0 Å². The lowest BCUT2D eigenvalue weighted by molar-refractivity contribution is 0.140. The van der Waals surface area contributed by atoms with Crippen molar-refractivity contribution < 1.29 is 0 Å². The molecule has 2 saturated carbocycles. The van der Waals surface area contributed by atoms with E-state index in [1.807, 2.05) is 0 Å². The third-order valence-corrected chi connectivity index (χ3v) is 7.73. The molecular weight excluding hydrogens is 327 g/mol. The molecule has 0 aliphatic heterocycles. The molecule has 1 heteroatoms. The lowest BCUT2D eigenvalue weighted by atomic mass is 9.67. The Morgan fingerprint density at radius 2 is 1.54 bits per heavy atom. The topological polar surface area (TPSA) is 0 Å². The summed E-state index contributed by atoms with van der Waals surface area (Å²) in [7, 11) is 0. The molecule has 0 aromatic carbocycles. The first-order valence-corrected chi connectivity index (χ1v) is 11.9. The van der Waals surface area contributed by atoms with Gasteiger partial charge < -0.3 is 0 Å². The second-order valence-corrected chi connectivity index (χ2v) is 13.7. The molecule has 3 unspecified atom stereocenters. The first kappa shape index (κ1) is 22.6. The van der Waals surface area contributed by atoms with Crippen LogP contribution in [0.1, 0.15) is 112 Å². The molecule has 0 N–H and O–H groups in total. The van der Waals surface area contributed by atoms with Gasteiger partial charge in [0, 0.05) is 0 Å². The molecular formula is C25H45Al. The van der Waals surface area contributed by atoms with E-state index in [0.29, 0.717) is 15.1 Å². The minimum absolute atomic E-state index is 0.403. The van der Waals surface area contributed by atoms with E-state index in [-0.39, 0.29) is 0 Å². The van der Waals surface area contributed by atoms with Crippen molar-refractivity contribution >= 4 is 16.3 Å². The van der Waals surface area contributed by atoms with Gasteiger partial charge in [-0.1, -0.05) is 66.5 Å². The fourth-order valence-electron chi connectivity index (χ4n) is 5.67. The van der Waals surface area contributed by atoms with E-state index < -0.39 is 0 Å². The second kappa shape index (κ2) is 8.74. The summed E-state index contributed by atoms with van der Waals surface area (Å²) in [5.41, 5.74) is 2.57. The van der Waals surface area contributed by atoms with Gasteiger partial charge in [-0.15, -0.1) is 4.28 Å². The molecule has 3 atom stereocenters. The smallest absolute Gasteiger partial charge is 0.102 e. The molecule has 0 nitrogen and oxygen atoms in total. The number of hydrogen-bond donors (Lipinski definition) is 0. The molecule has 0 spiro atoms. The van der Waals surface area contributed by atoms with Crippen LogP contribution in [0.15, 0.2) is 12.2 Å². The molecule has 2 radical (unpaired) electrons. The maximum Gasteiger partial charge on any atom is 0.128 e. The predicted molar refractivity (Wildman–Crippen MR) is 118 cm³/mol. The minimum Gasteiger partial charge on any atom is -0.102 e. The largest absolute Gasteiger partial charge is 0.128 e. The van der Waals surface area contributed by atoms with Crippen LogP contribution in [0.2, 0.25) is 4.28 Å². The summed E-state index contributed by atoms with van der Waals surface area (Å²) in [6, 6.07) is 0. The van der Waals surface area contributed by atoms with Crippen molar-refractivity contribution in [3.63, 3.8) is 0 Å². The third-order valence-electron chi connectivity index (χ3n) is 7.45. The Hall–Kier alpha value is 0.272. The summed E-state index contributed by atoms with van der Waals surface area (Å²) in [4.78, 5) is 0. The van der Waals surface area contributed by atoms with Gasteiger partial charge in [-0.2, -0.15) is 0 Å². The predicted octanol–water partition coefficient (Wildman–Crippen LogP) is 8.13. The van der Waals surface area contributed by atoms with Crippen LogP contribution in [-0.2, 0) is 0 Å². The van der Waals surface area contributed by atoms with Gasteiger partial charge >= 0.3 is 0 Å². The van der Waals surface area contributed by atoms with Crippen LogP contribution in [0.3, 0.4) is 0 Å². The normalized spacial score (nSPS) is 27.6. The summed E-state index contributed by atoms with van der Waals surface area (Å²) < 4.78 is 0.403. The van der Waals surface area contributed by atoms with E-state index in [1.54, 1.807) is 5.57 Å². The zero-order chi connectivity index (χ0) is 19.6. The first-order chi connectivity index (χ1) is 11.9. The number of allylic oxidation sites excluding steroid dienone is 1. The van der Waals surface area contributed by atoms with Gasteiger partial charge in [-0.3, -0.25) is 0 Å². The molecule has 2 aliphatic carbocycles. The number of hydrogen-bond acceptors (Lipinski definition) is 0. The highest BCUT2D eigenvalue weighted by Gasteiger charge is 2.37. The van der Waals surface area contributed by atoms with Gasteiger partial charge in [0.1, 0.15) is 16.3 Å². The van der Waals surface area contributed by atoms with E-state index in [4.69, 9.17) is 0 Å². The molecule has 0 aromatic heterocycles. The highest BCUT2D eigenvalue weighted by molar-refractivity contribution is 6.14. The Bertz CT molecular complexity index is 465. The van der Waals surface area contributed by atoms with Crippen LogP contribution in [0, 0.1) is 28.6 Å². The van der Waals surface area contributed by atoms with E-state index >= 15 is 0 Å². The summed E-state index contributed by atoms with van der Waals surface area (Å²) in [6.07, 6.45) is 15.4. The standard InChI is InChI=1S/C25H45.Al/c1-19(2)9-8-14-24(4,5)15-16-25(6,7)18-21-11-13-23-20(3)10-12-22(23)17-21;/h21-23H,3,8-18H2,1-2,4-7H3;. The van der Waals surface area contributed by atoms with Crippen LogP contribution in [0.25, 0.3) is 0 Å². The zero-order valence-electron chi connectivity index (χ0n) is 18.8. The Balaban J connectivity index is 1.74. The summed E-state index contributed by atoms with van der Waals surface area (Å²) in [6.45, 7) is 19.1. The molecule has 2 rings (SSSR count). The summed E-state index contributed by atoms with van der Waals surface area (Å²) in [5, 5.41) is 0. The molecule has 148 valence electrons. The van der Waals surface area contributed by atoms with Crippen LogP contribution < -0.4 is 0 Å². The fraction of sp³-hybridized carbons (Fsp3) is 0.920. The average molecular weight is 373 g/mol. The monoisotopic (exact) mass is 372 g/mol. The molecule has 0 aromatic rings. The van der Waals surface area contributed by atoms with Crippen molar-refractivity contribution in [2.45, 2.75) is 116 Å². The second-order valence-electron chi connectivity index (χ2n) is 12.1. The molecule has 0 saturated heterocycles. The van der Waals surface area contributed by atoms with Gasteiger partial charge in [0.2, 0.25) is 0 Å². The highest BCUT2D eigenvalue weighted by atomic mass is 27.0. The quantitative estimate of drug-likeness (QED) is 0.283. The minimum atomic E-state index is 0.403. The molecule has 0 bridgehead atoms. The van der Waals surface area contributed by atoms with Crippen LogP contribution in [-0.4, -0.2) is 16.3 Å². The summed E-state index contributed by atoms with van der Waals surface area (Å²) in [5.74, 6) is 2.83. The van der Waals surface area contributed by atoms with E-state index in [9.17, 15) is 0 Å². The Morgan fingerprint density at radius 3 is 2.19 bits per heavy atom. The first-order valence-electron chi connectivity index (χ1n) is 11.3. The Kier molecular flexibility index (Phi) is 7.58. The molecule has 2 aliphatic rings. The van der Waals surface area contributed by atoms with E-state index in [2.05, 4.69) is 64.4 Å². The maximum atomic E-state index is 4.33. The van der Waals surface area contributed by atoms with E-state index in [0.717, 1.165) is 17.8 Å². The van der Waals surface area contributed by atoms with Gasteiger partial charge in [-0.05, 0) is 86.4 Å². The number of fused-ring (bicyclic) bond motifs is 1. The molecule has 0 heterocycles. The van der Waals surface area contributed by atoms with Crippen molar-refractivity contribution in [1.82, 2.24) is 0 Å². The lowest BCUT2D eigenvalue weighted by Crippen LogP contribution is -2.27. The average Bonchev–Trinajstić information content (AvgIpc) is 2.84. The van der Waals surface area contributed by atoms with Gasteiger partial charge in [0.25, 0.3) is 0 Å². The fourth-order valence-corrected chi connectivity index (χ4v) is 5.87. The van der Waals surface area contributed by atoms with Crippen LogP contribution >= 0.6 is 0 Å². The Morgan fingerprint density at radius 1 is 0.885 bits per heavy atom. The van der Waals surface area contributed by atoms with Crippen molar-refractivity contribution in [2.24, 2.45) is 28.6 Å². The maximum absolute atomic E-state index is 4.33. The van der Waals surface area contributed by atoms with Crippen molar-refractivity contribution in [1.29, 1.82) is 0 Å². The van der Waals surface area contributed by atoms with Crippen molar-refractivity contribution in [2.75, 3.05) is 0 Å². The molecule has 2 fully saturated rings. The Labute approximate surface area is 173 Å². The summed E-state index contributed by atoms with van der Waals surface area (Å²) >= 11 is 3.00. The highest BCUT2D eigenvalue weighted by Crippen LogP contribution is 2.49. The van der Waals surface area contributed by atoms with Gasteiger partial charge in [0.15, 0.2) is 0 Å². The third kappa shape index (κ3) is 7.36. The lowest BCUT2D eigenvalue weighted by Gasteiger charge is -2.38. The molecule has 0 amide bonds. The van der Waals surface area contributed by atoms with Crippen molar-refractivity contribution in [3.8, 4) is 0 Å². The van der Waals surface area contributed by atoms with Crippen LogP contribution in [0.4, 0.5) is 0 Å². The SMILES string of the molecule is C=C1CCC2CC(CC(C)(C)CCC(C)(C)CCC[C](C)(C)[Al])CCC12. The number of rotatable bonds is 9. The van der Waals surface area contributed by atoms with Crippen molar-refractivity contribution in [3.05, 3.63) is 12.2 Å². The van der Waals surface area contributed by atoms with E-state index in [1.165, 1.54) is 70.6 Å². The zero-order valence-corrected chi connectivity index (χ0v) is 19.9. The molecule has 26 heavy (non-hydrogen) atoms. The van der Waals surface area contributed by atoms with Gasteiger partial charge in [-0.25, -0.2) is 0 Å².